The first-order valence-corrected chi connectivity index (χ1v) is 7.97. The Morgan fingerprint density at radius 2 is 2.10 bits per heavy atom. The zero-order valence-corrected chi connectivity index (χ0v) is 14.0. The summed E-state index contributed by atoms with van der Waals surface area (Å²) in [4.78, 5) is 14.7. The lowest BCUT2D eigenvalue weighted by Gasteiger charge is -2.37. The second kappa shape index (κ2) is 7.41. The SMILES string of the molecule is CCOC(=O)C(C)(CC(C)N1CCCC1C(C)C)NC. The van der Waals surface area contributed by atoms with Gasteiger partial charge in [-0.05, 0) is 59.5 Å². The van der Waals surface area contributed by atoms with E-state index in [2.05, 4.69) is 31.0 Å². The molecular formula is C16H32N2O2. The molecule has 0 amide bonds. The maximum absolute atomic E-state index is 12.2. The predicted molar refractivity (Wildman–Crippen MR) is 82.7 cm³/mol. The zero-order chi connectivity index (χ0) is 15.3. The van der Waals surface area contributed by atoms with Crippen molar-refractivity contribution < 1.29 is 9.53 Å². The van der Waals surface area contributed by atoms with Crippen LogP contribution in [0.1, 0.15) is 53.9 Å². The van der Waals surface area contributed by atoms with E-state index in [1.807, 2.05) is 20.9 Å². The van der Waals surface area contributed by atoms with Crippen molar-refractivity contribution in [1.82, 2.24) is 10.2 Å². The van der Waals surface area contributed by atoms with Crippen LogP contribution in [0.4, 0.5) is 0 Å². The van der Waals surface area contributed by atoms with Crippen LogP contribution in [0.25, 0.3) is 0 Å². The summed E-state index contributed by atoms with van der Waals surface area (Å²) in [5.74, 6) is 0.526. The Morgan fingerprint density at radius 1 is 1.45 bits per heavy atom. The summed E-state index contributed by atoms with van der Waals surface area (Å²) in [6.45, 7) is 12.2. The van der Waals surface area contributed by atoms with Crippen molar-refractivity contribution >= 4 is 5.97 Å². The molecule has 0 aromatic rings. The fraction of sp³-hybridized carbons (Fsp3) is 0.938. The molecule has 20 heavy (non-hydrogen) atoms. The van der Waals surface area contributed by atoms with E-state index in [4.69, 9.17) is 4.74 Å². The lowest BCUT2D eigenvalue weighted by atomic mass is 9.91. The van der Waals surface area contributed by atoms with Gasteiger partial charge in [0, 0.05) is 12.1 Å². The Kier molecular flexibility index (Phi) is 6.46. The van der Waals surface area contributed by atoms with Gasteiger partial charge in [-0.25, -0.2) is 0 Å². The number of likely N-dealkylation sites (N-methyl/N-ethyl adjacent to an activating group) is 1. The van der Waals surface area contributed by atoms with E-state index in [0.29, 0.717) is 24.6 Å². The number of carbonyl (C=O) groups is 1. The van der Waals surface area contributed by atoms with E-state index >= 15 is 0 Å². The first-order valence-electron chi connectivity index (χ1n) is 7.97. The van der Waals surface area contributed by atoms with Crippen molar-refractivity contribution in [2.45, 2.75) is 71.5 Å². The zero-order valence-electron chi connectivity index (χ0n) is 14.0. The van der Waals surface area contributed by atoms with E-state index in [1.165, 1.54) is 12.8 Å². The minimum absolute atomic E-state index is 0.144. The van der Waals surface area contributed by atoms with Crippen molar-refractivity contribution in [3.8, 4) is 0 Å². The molecule has 1 aliphatic heterocycles. The Hall–Kier alpha value is -0.610. The fourth-order valence-corrected chi connectivity index (χ4v) is 3.36. The highest BCUT2D eigenvalue weighted by atomic mass is 16.5. The second-order valence-corrected chi connectivity index (χ2v) is 6.55. The maximum Gasteiger partial charge on any atom is 0.326 e. The average Bonchev–Trinajstić information content (AvgIpc) is 2.88. The number of nitrogens with zero attached hydrogens (tertiary/aromatic N) is 1. The molecule has 0 saturated carbocycles. The van der Waals surface area contributed by atoms with Gasteiger partial charge < -0.3 is 10.1 Å². The van der Waals surface area contributed by atoms with Crippen molar-refractivity contribution in [3.63, 3.8) is 0 Å². The Labute approximate surface area is 124 Å². The van der Waals surface area contributed by atoms with Crippen LogP contribution in [0.15, 0.2) is 0 Å². The summed E-state index contributed by atoms with van der Waals surface area (Å²) < 4.78 is 5.22. The number of nitrogens with one attached hydrogen (secondary N) is 1. The highest BCUT2D eigenvalue weighted by Crippen LogP contribution is 2.29. The third-order valence-electron chi connectivity index (χ3n) is 4.66. The van der Waals surface area contributed by atoms with Gasteiger partial charge in [0.05, 0.1) is 6.61 Å². The van der Waals surface area contributed by atoms with Gasteiger partial charge in [0.25, 0.3) is 0 Å². The maximum atomic E-state index is 12.2. The lowest BCUT2D eigenvalue weighted by Crippen LogP contribution is -2.53. The third kappa shape index (κ3) is 3.95. The molecule has 1 aliphatic rings. The summed E-state index contributed by atoms with van der Waals surface area (Å²) in [7, 11) is 1.84. The molecule has 1 rings (SSSR count). The smallest absolute Gasteiger partial charge is 0.326 e. The van der Waals surface area contributed by atoms with Gasteiger partial charge in [-0.3, -0.25) is 9.69 Å². The molecule has 1 saturated heterocycles. The van der Waals surface area contributed by atoms with Crippen LogP contribution < -0.4 is 5.32 Å². The van der Waals surface area contributed by atoms with Crippen LogP contribution in [0.3, 0.4) is 0 Å². The van der Waals surface area contributed by atoms with Crippen LogP contribution in [0.5, 0.6) is 0 Å². The highest BCUT2D eigenvalue weighted by Gasteiger charge is 2.38. The Morgan fingerprint density at radius 3 is 2.60 bits per heavy atom. The molecule has 4 nitrogen and oxygen atoms in total. The molecule has 0 bridgehead atoms. The summed E-state index contributed by atoms with van der Waals surface area (Å²) in [5, 5.41) is 3.16. The molecule has 0 aliphatic carbocycles. The second-order valence-electron chi connectivity index (χ2n) is 6.55. The van der Waals surface area contributed by atoms with Crippen LogP contribution >= 0.6 is 0 Å². The highest BCUT2D eigenvalue weighted by molar-refractivity contribution is 5.80. The van der Waals surface area contributed by atoms with Gasteiger partial charge in [-0.2, -0.15) is 0 Å². The molecule has 1 N–H and O–H groups in total. The predicted octanol–water partition coefficient (Wildman–Crippen LogP) is 2.43. The monoisotopic (exact) mass is 284 g/mol. The number of carbonyl (C=O) groups excluding carboxylic acids is 1. The molecule has 1 fully saturated rings. The van der Waals surface area contributed by atoms with E-state index < -0.39 is 5.54 Å². The molecular weight excluding hydrogens is 252 g/mol. The lowest BCUT2D eigenvalue weighted by molar-refractivity contribution is -0.151. The minimum Gasteiger partial charge on any atom is -0.465 e. The Balaban J connectivity index is 2.71. The molecule has 3 atom stereocenters. The van der Waals surface area contributed by atoms with Crippen LogP contribution in [-0.4, -0.2) is 48.7 Å². The molecule has 0 aromatic heterocycles. The standard InChI is InChI=1S/C16H32N2O2/c1-7-20-15(19)16(5,17-6)11-13(4)18-10-8-9-14(18)12(2)3/h12-14,17H,7-11H2,1-6H3. The van der Waals surface area contributed by atoms with Crippen LogP contribution in [-0.2, 0) is 9.53 Å². The summed E-state index contributed by atoms with van der Waals surface area (Å²) >= 11 is 0. The molecule has 4 heteroatoms. The fourth-order valence-electron chi connectivity index (χ4n) is 3.36. The van der Waals surface area contributed by atoms with Crippen LogP contribution in [0, 0.1) is 5.92 Å². The molecule has 118 valence electrons. The first kappa shape index (κ1) is 17.4. The van der Waals surface area contributed by atoms with Gasteiger partial charge in [0.1, 0.15) is 5.54 Å². The Bertz CT molecular complexity index is 320. The number of likely N-dealkylation sites (tertiary alicyclic amines) is 1. The van der Waals surface area contributed by atoms with Gasteiger partial charge >= 0.3 is 5.97 Å². The van der Waals surface area contributed by atoms with Crippen molar-refractivity contribution in [1.29, 1.82) is 0 Å². The van der Waals surface area contributed by atoms with Crippen molar-refractivity contribution in [3.05, 3.63) is 0 Å². The first-order chi connectivity index (χ1) is 9.35. The average molecular weight is 284 g/mol. The van der Waals surface area contributed by atoms with Crippen molar-refractivity contribution in [2.24, 2.45) is 5.92 Å². The largest absolute Gasteiger partial charge is 0.465 e. The van der Waals surface area contributed by atoms with Gasteiger partial charge in [-0.15, -0.1) is 0 Å². The van der Waals surface area contributed by atoms with E-state index in [-0.39, 0.29) is 5.97 Å². The quantitative estimate of drug-likeness (QED) is 0.729. The number of esters is 1. The normalized spacial score (nSPS) is 24.6. The van der Waals surface area contributed by atoms with Crippen LogP contribution in [0.2, 0.25) is 0 Å². The minimum atomic E-state index is -0.598. The topological polar surface area (TPSA) is 41.6 Å². The summed E-state index contributed by atoms with van der Waals surface area (Å²) in [5.41, 5.74) is -0.598. The van der Waals surface area contributed by atoms with Crippen molar-refractivity contribution in [2.75, 3.05) is 20.2 Å². The molecule has 0 spiro atoms. The summed E-state index contributed by atoms with van der Waals surface area (Å²) in [6.07, 6.45) is 3.33. The van der Waals surface area contributed by atoms with E-state index in [9.17, 15) is 4.79 Å². The molecule has 0 aromatic carbocycles. The number of hydrogen-bond donors (Lipinski definition) is 1. The number of ether oxygens (including phenoxy) is 1. The molecule has 3 unspecified atom stereocenters. The summed E-state index contributed by atoms with van der Waals surface area (Å²) in [6, 6.07) is 1.03. The number of hydrogen-bond acceptors (Lipinski definition) is 4. The number of rotatable bonds is 7. The van der Waals surface area contributed by atoms with E-state index in [1.54, 1.807) is 0 Å². The molecule has 1 heterocycles. The van der Waals surface area contributed by atoms with Gasteiger partial charge in [0.15, 0.2) is 0 Å². The van der Waals surface area contributed by atoms with E-state index in [0.717, 1.165) is 13.0 Å². The van der Waals surface area contributed by atoms with Gasteiger partial charge in [-0.1, -0.05) is 13.8 Å². The van der Waals surface area contributed by atoms with Gasteiger partial charge in [0.2, 0.25) is 0 Å². The third-order valence-corrected chi connectivity index (χ3v) is 4.66. The molecule has 0 radical (unpaired) electrons.